The van der Waals surface area contributed by atoms with E-state index < -0.39 is 11.6 Å². The van der Waals surface area contributed by atoms with E-state index in [9.17, 15) is 14.4 Å². The smallest absolute Gasteiger partial charge is 0.365 e. The van der Waals surface area contributed by atoms with Crippen LogP contribution in [0.15, 0.2) is 81.1 Å². The van der Waals surface area contributed by atoms with Gasteiger partial charge in [0.2, 0.25) is 5.78 Å². The van der Waals surface area contributed by atoms with E-state index in [0.717, 1.165) is 58.6 Å². The summed E-state index contributed by atoms with van der Waals surface area (Å²) in [6, 6.07) is 19.7. The zero-order chi connectivity index (χ0) is 29.8. The molecule has 5 rings (SSSR count). The number of fused-ring (bicyclic) bond motifs is 5. The fourth-order valence-electron chi connectivity index (χ4n) is 5.63. The minimum absolute atomic E-state index is 0.139. The molecule has 1 unspecified atom stereocenters. The molecule has 0 amide bonds. The van der Waals surface area contributed by atoms with Crippen LogP contribution in [0.4, 0.5) is 0 Å². The van der Waals surface area contributed by atoms with E-state index >= 15 is 0 Å². The van der Waals surface area contributed by atoms with E-state index in [0.29, 0.717) is 22.6 Å². The van der Waals surface area contributed by atoms with Crippen molar-refractivity contribution in [1.29, 1.82) is 0 Å². The molecular formula is C35H36N2O5. The Kier molecular flexibility index (Phi) is 8.67. The van der Waals surface area contributed by atoms with Gasteiger partial charge in [-0.2, -0.15) is 0 Å². The summed E-state index contributed by atoms with van der Waals surface area (Å²) in [6.45, 7) is 8.95. The van der Waals surface area contributed by atoms with E-state index in [1.54, 1.807) is 43.3 Å². The third-order valence-electron chi connectivity index (χ3n) is 8.04. The monoisotopic (exact) mass is 564 g/mol. The van der Waals surface area contributed by atoms with Gasteiger partial charge in [-0.3, -0.25) is 4.79 Å². The molecule has 0 saturated carbocycles. The van der Waals surface area contributed by atoms with Gasteiger partial charge in [0.05, 0.1) is 16.5 Å². The lowest BCUT2D eigenvalue weighted by molar-refractivity contribution is 0.0515. The average molecular weight is 565 g/mol. The Hall–Kier alpha value is -4.52. The summed E-state index contributed by atoms with van der Waals surface area (Å²) in [5, 5.41) is 6.45. The molecule has 3 aromatic carbocycles. The highest BCUT2D eigenvalue weighted by molar-refractivity contribution is 6.46. The van der Waals surface area contributed by atoms with Crippen LogP contribution in [0.2, 0.25) is 0 Å². The van der Waals surface area contributed by atoms with Gasteiger partial charge in [0.25, 0.3) is 0 Å². The summed E-state index contributed by atoms with van der Waals surface area (Å²) in [4.78, 5) is 43.7. The van der Waals surface area contributed by atoms with Gasteiger partial charge in [-0.15, -0.1) is 0 Å². The Labute approximate surface area is 244 Å². The standard InChI is InChI=1S/C35H36N2O5/c1-5-8-12-23(6-2)21-37-29-17-15-25(33(39)28(7-3)36-42-35(40)24-13-10-9-11-14-24)20-27(29)32-30(37)18-16-26-22(4)19-31(38)41-34(26)32/h9-11,13-20,23H,5-8,12,21H2,1-4H3/b36-28+. The number of carbonyl (C=O) groups excluding carboxylic acids is 2. The first-order valence-corrected chi connectivity index (χ1v) is 14.7. The fourth-order valence-corrected chi connectivity index (χ4v) is 5.63. The van der Waals surface area contributed by atoms with Crippen LogP contribution in [-0.2, 0) is 11.4 Å². The highest BCUT2D eigenvalue weighted by Crippen LogP contribution is 2.37. The van der Waals surface area contributed by atoms with E-state index in [1.165, 1.54) is 12.5 Å². The van der Waals surface area contributed by atoms with Gasteiger partial charge in [-0.25, -0.2) is 9.59 Å². The molecule has 0 aliphatic carbocycles. The molecule has 0 spiro atoms. The second kappa shape index (κ2) is 12.6. The molecule has 0 bridgehead atoms. The molecule has 2 aromatic heterocycles. The van der Waals surface area contributed by atoms with Crippen LogP contribution in [0.5, 0.6) is 0 Å². The minimum Gasteiger partial charge on any atom is -0.422 e. The van der Waals surface area contributed by atoms with Gasteiger partial charge in [0, 0.05) is 34.5 Å². The van der Waals surface area contributed by atoms with Crippen molar-refractivity contribution in [2.24, 2.45) is 11.1 Å². The van der Waals surface area contributed by atoms with Gasteiger partial charge < -0.3 is 13.8 Å². The molecule has 5 aromatic rings. The Morgan fingerprint density at radius 3 is 2.40 bits per heavy atom. The number of unbranched alkanes of at least 4 members (excludes halogenated alkanes) is 1. The number of aromatic nitrogens is 1. The van der Waals surface area contributed by atoms with Crippen LogP contribution in [-0.4, -0.2) is 22.0 Å². The highest BCUT2D eigenvalue weighted by atomic mass is 16.7. The molecule has 0 aliphatic heterocycles. The van der Waals surface area contributed by atoms with Crippen LogP contribution in [0.3, 0.4) is 0 Å². The number of nitrogens with zero attached hydrogens (tertiary/aromatic N) is 2. The largest absolute Gasteiger partial charge is 0.422 e. The summed E-state index contributed by atoms with van der Waals surface area (Å²) in [5.41, 5.74) is 3.80. The summed E-state index contributed by atoms with van der Waals surface area (Å²) in [7, 11) is 0. The maximum absolute atomic E-state index is 13.6. The molecule has 0 saturated heterocycles. The van der Waals surface area contributed by atoms with E-state index in [-0.39, 0.29) is 17.9 Å². The van der Waals surface area contributed by atoms with Crippen molar-refractivity contribution in [1.82, 2.24) is 4.57 Å². The van der Waals surface area contributed by atoms with Crippen molar-refractivity contribution >= 4 is 50.2 Å². The van der Waals surface area contributed by atoms with Crippen molar-refractivity contribution in [2.45, 2.75) is 66.3 Å². The van der Waals surface area contributed by atoms with Crippen molar-refractivity contribution < 1.29 is 18.8 Å². The maximum atomic E-state index is 13.6. The quantitative estimate of drug-likeness (QED) is 0.0530. The van der Waals surface area contributed by atoms with Gasteiger partial charge in [-0.05, 0) is 73.7 Å². The Morgan fingerprint density at radius 2 is 1.69 bits per heavy atom. The van der Waals surface area contributed by atoms with Crippen LogP contribution in [0.1, 0.15) is 79.2 Å². The van der Waals surface area contributed by atoms with Gasteiger partial charge in [0.15, 0.2) is 0 Å². The Morgan fingerprint density at radius 1 is 0.929 bits per heavy atom. The lowest BCUT2D eigenvalue weighted by atomic mass is 9.99. The summed E-state index contributed by atoms with van der Waals surface area (Å²) in [5.74, 6) is -0.463. The lowest BCUT2D eigenvalue weighted by Crippen LogP contribution is -2.15. The molecule has 0 N–H and O–H groups in total. The van der Waals surface area contributed by atoms with E-state index in [2.05, 4.69) is 29.6 Å². The molecular weight excluding hydrogens is 528 g/mol. The first-order valence-electron chi connectivity index (χ1n) is 14.7. The SMILES string of the molecule is CCCCC(CC)Cn1c2ccc(C(=O)/C(CC)=N/OC(=O)c3ccccc3)cc2c2c3oc(=O)cc(C)c3ccc21. The second-order valence-electron chi connectivity index (χ2n) is 10.8. The zero-order valence-electron chi connectivity index (χ0n) is 24.6. The number of hydrogen-bond acceptors (Lipinski definition) is 6. The predicted molar refractivity (Wildman–Crippen MR) is 167 cm³/mol. The summed E-state index contributed by atoms with van der Waals surface area (Å²) < 4.78 is 8.11. The lowest BCUT2D eigenvalue weighted by Gasteiger charge is -2.17. The van der Waals surface area contributed by atoms with Crippen molar-refractivity contribution in [3.8, 4) is 0 Å². The second-order valence-corrected chi connectivity index (χ2v) is 10.8. The Bertz CT molecular complexity index is 1860. The summed E-state index contributed by atoms with van der Waals surface area (Å²) >= 11 is 0. The van der Waals surface area contributed by atoms with Gasteiger partial charge >= 0.3 is 11.6 Å². The van der Waals surface area contributed by atoms with E-state index in [1.807, 2.05) is 25.1 Å². The number of carbonyl (C=O) groups is 2. The third kappa shape index (κ3) is 5.64. The highest BCUT2D eigenvalue weighted by Gasteiger charge is 2.21. The van der Waals surface area contributed by atoms with Crippen LogP contribution in [0, 0.1) is 12.8 Å². The third-order valence-corrected chi connectivity index (χ3v) is 8.04. The van der Waals surface area contributed by atoms with E-state index in [4.69, 9.17) is 9.25 Å². The van der Waals surface area contributed by atoms with Crippen molar-refractivity contribution in [2.75, 3.05) is 0 Å². The first kappa shape index (κ1) is 29.0. The molecule has 0 radical (unpaired) electrons. The van der Waals surface area contributed by atoms with Gasteiger partial charge in [-0.1, -0.05) is 63.4 Å². The topological polar surface area (TPSA) is 90.9 Å². The molecule has 1 atom stereocenters. The fraction of sp³-hybridized carbons (Fsp3) is 0.314. The Balaban J connectivity index is 1.63. The number of ketones is 1. The number of benzene rings is 3. The average Bonchev–Trinajstić information content (AvgIpc) is 3.32. The molecule has 0 aliphatic rings. The predicted octanol–water partition coefficient (Wildman–Crippen LogP) is 8.23. The number of hydrogen-bond donors (Lipinski definition) is 0. The first-order chi connectivity index (χ1) is 20.4. The van der Waals surface area contributed by atoms with Crippen molar-refractivity contribution in [3.05, 3.63) is 93.8 Å². The molecule has 42 heavy (non-hydrogen) atoms. The zero-order valence-corrected chi connectivity index (χ0v) is 24.6. The normalized spacial score (nSPS) is 12.7. The van der Waals surface area contributed by atoms with Gasteiger partial charge in [0.1, 0.15) is 11.3 Å². The number of oxime groups is 1. The number of Topliss-reactive ketones (excluding diaryl/α,β-unsaturated/α-hetero) is 1. The van der Waals surface area contributed by atoms with Crippen molar-refractivity contribution in [3.63, 3.8) is 0 Å². The molecule has 0 fully saturated rings. The molecule has 7 heteroatoms. The van der Waals surface area contributed by atoms with Crippen LogP contribution >= 0.6 is 0 Å². The number of aryl methyl sites for hydroxylation is 1. The summed E-state index contributed by atoms with van der Waals surface area (Å²) in [6.07, 6.45) is 4.78. The van der Waals surface area contributed by atoms with Crippen LogP contribution in [0.25, 0.3) is 32.8 Å². The van der Waals surface area contributed by atoms with Crippen LogP contribution < -0.4 is 5.63 Å². The molecule has 2 heterocycles. The molecule has 216 valence electrons. The number of rotatable bonds is 11. The maximum Gasteiger partial charge on any atom is 0.365 e. The molecule has 7 nitrogen and oxygen atoms in total. The minimum atomic E-state index is -0.627.